The molecule has 0 radical (unpaired) electrons. The lowest BCUT2D eigenvalue weighted by molar-refractivity contribution is -0.142. The molecule has 0 saturated heterocycles. The molecule has 0 aliphatic carbocycles. The fraction of sp³-hybridized carbons (Fsp3) is 0.286. The average molecular weight is 404 g/mol. The van der Waals surface area contributed by atoms with Crippen LogP contribution in [0.4, 0.5) is 8.78 Å². The van der Waals surface area contributed by atoms with Crippen molar-refractivity contribution < 1.29 is 28.3 Å². The SMILES string of the molecule is CC(=O)N[C@H](CC(=O)N[C@@H](c1ccccc1)[C@@H](C)C(=O)O)c1c(F)cccc1F. The summed E-state index contributed by atoms with van der Waals surface area (Å²) in [6.07, 6.45) is -0.465. The highest BCUT2D eigenvalue weighted by molar-refractivity contribution is 5.80. The Kier molecular flexibility index (Phi) is 7.41. The summed E-state index contributed by atoms with van der Waals surface area (Å²) in [6.45, 7) is 2.62. The summed E-state index contributed by atoms with van der Waals surface area (Å²) < 4.78 is 28.3. The summed E-state index contributed by atoms with van der Waals surface area (Å²) in [7, 11) is 0. The summed E-state index contributed by atoms with van der Waals surface area (Å²) in [4.78, 5) is 35.6. The molecule has 0 fully saturated rings. The molecule has 0 spiro atoms. The minimum Gasteiger partial charge on any atom is -0.481 e. The van der Waals surface area contributed by atoms with Gasteiger partial charge in [-0.3, -0.25) is 14.4 Å². The van der Waals surface area contributed by atoms with Crippen molar-refractivity contribution in [3.63, 3.8) is 0 Å². The van der Waals surface area contributed by atoms with Crippen molar-refractivity contribution in [1.82, 2.24) is 10.6 Å². The summed E-state index contributed by atoms with van der Waals surface area (Å²) >= 11 is 0. The summed E-state index contributed by atoms with van der Waals surface area (Å²) in [6, 6.07) is 9.65. The molecule has 0 aliphatic rings. The van der Waals surface area contributed by atoms with E-state index in [-0.39, 0.29) is 0 Å². The molecule has 29 heavy (non-hydrogen) atoms. The van der Waals surface area contributed by atoms with Crippen LogP contribution in [0.15, 0.2) is 48.5 Å². The average Bonchev–Trinajstić information content (AvgIpc) is 2.65. The molecule has 2 amide bonds. The van der Waals surface area contributed by atoms with Crippen LogP contribution in [0, 0.1) is 17.6 Å². The van der Waals surface area contributed by atoms with E-state index in [0.29, 0.717) is 5.56 Å². The Morgan fingerprint density at radius 3 is 2.07 bits per heavy atom. The van der Waals surface area contributed by atoms with Crippen molar-refractivity contribution in [3.05, 3.63) is 71.3 Å². The molecule has 6 nitrogen and oxygen atoms in total. The molecule has 3 N–H and O–H groups in total. The van der Waals surface area contributed by atoms with Gasteiger partial charge in [0, 0.05) is 12.5 Å². The lowest BCUT2D eigenvalue weighted by Gasteiger charge is -2.25. The number of carboxylic acid groups (broad SMARTS) is 1. The van der Waals surface area contributed by atoms with E-state index < -0.39 is 59.4 Å². The molecule has 2 aromatic rings. The van der Waals surface area contributed by atoms with Crippen LogP contribution in [0.2, 0.25) is 0 Å². The number of aliphatic carboxylic acids is 1. The van der Waals surface area contributed by atoms with Gasteiger partial charge >= 0.3 is 5.97 Å². The smallest absolute Gasteiger partial charge is 0.308 e. The van der Waals surface area contributed by atoms with Crippen LogP contribution >= 0.6 is 0 Å². The molecular weight excluding hydrogens is 382 g/mol. The van der Waals surface area contributed by atoms with E-state index in [0.717, 1.165) is 12.1 Å². The van der Waals surface area contributed by atoms with Gasteiger partial charge in [-0.1, -0.05) is 36.4 Å². The highest BCUT2D eigenvalue weighted by atomic mass is 19.1. The van der Waals surface area contributed by atoms with E-state index in [1.807, 2.05) is 0 Å². The normalized spacial score (nSPS) is 13.8. The first-order valence-corrected chi connectivity index (χ1v) is 8.98. The second kappa shape index (κ2) is 9.77. The second-order valence-corrected chi connectivity index (χ2v) is 6.68. The molecule has 3 atom stereocenters. The van der Waals surface area contributed by atoms with E-state index in [9.17, 15) is 28.3 Å². The largest absolute Gasteiger partial charge is 0.481 e. The highest BCUT2D eigenvalue weighted by Gasteiger charge is 2.29. The lowest BCUT2D eigenvalue weighted by Crippen LogP contribution is -2.38. The van der Waals surface area contributed by atoms with Gasteiger partial charge < -0.3 is 15.7 Å². The lowest BCUT2D eigenvalue weighted by atomic mass is 9.94. The topological polar surface area (TPSA) is 95.5 Å². The fourth-order valence-corrected chi connectivity index (χ4v) is 3.03. The molecule has 0 aliphatic heterocycles. The molecule has 0 saturated carbocycles. The Morgan fingerprint density at radius 2 is 1.55 bits per heavy atom. The zero-order valence-corrected chi connectivity index (χ0v) is 16.0. The number of benzene rings is 2. The fourth-order valence-electron chi connectivity index (χ4n) is 3.03. The molecule has 0 unspecified atom stereocenters. The van der Waals surface area contributed by atoms with Crippen molar-refractivity contribution in [1.29, 1.82) is 0 Å². The number of amides is 2. The molecular formula is C21H22F2N2O4. The standard InChI is InChI=1S/C21H22F2N2O4/c1-12(21(28)29)20(14-7-4-3-5-8-14)25-18(27)11-17(24-13(2)26)19-15(22)9-6-10-16(19)23/h3-10,12,17,20H,11H2,1-2H3,(H,24,26)(H,25,27)(H,28,29)/t12-,17-,20-/m1/s1. The predicted molar refractivity (Wildman–Crippen MR) is 102 cm³/mol. The van der Waals surface area contributed by atoms with Gasteiger partial charge in [0.15, 0.2) is 0 Å². The van der Waals surface area contributed by atoms with Crippen LogP contribution in [0.1, 0.15) is 43.5 Å². The van der Waals surface area contributed by atoms with Gasteiger partial charge in [-0.2, -0.15) is 0 Å². The monoisotopic (exact) mass is 404 g/mol. The van der Waals surface area contributed by atoms with Gasteiger partial charge in [-0.15, -0.1) is 0 Å². The molecule has 154 valence electrons. The Bertz CT molecular complexity index is 869. The Morgan fingerprint density at radius 1 is 0.966 bits per heavy atom. The number of hydrogen-bond acceptors (Lipinski definition) is 3. The Hall–Kier alpha value is -3.29. The first kappa shape index (κ1) is 22.0. The van der Waals surface area contributed by atoms with Crippen LogP contribution in [-0.2, 0) is 14.4 Å². The number of carbonyl (C=O) groups excluding carboxylic acids is 2. The third-order valence-electron chi connectivity index (χ3n) is 4.48. The van der Waals surface area contributed by atoms with Crippen molar-refractivity contribution in [2.24, 2.45) is 5.92 Å². The molecule has 8 heteroatoms. The first-order chi connectivity index (χ1) is 13.7. The number of carbonyl (C=O) groups is 3. The van der Waals surface area contributed by atoms with Gasteiger partial charge in [0.2, 0.25) is 11.8 Å². The van der Waals surface area contributed by atoms with Crippen LogP contribution in [0.3, 0.4) is 0 Å². The molecule has 0 heterocycles. The number of rotatable bonds is 8. The quantitative estimate of drug-likeness (QED) is 0.630. The molecule has 2 aromatic carbocycles. The maximum absolute atomic E-state index is 14.2. The van der Waals surface area contributed by atoms with Gasteiger partial charge in [0.25, 0.3) is 0 Å². The summed E-state index contributed by atoms with van der Waals surface area (Å²) in [5, 5.41) is 14.4. The number of halogens is 2. The zero-order valence-electron chi connectivity index (χ0n) is 16.0. The predicted octanol–water partition coefficient (Wildman–Crippen LogP) is 3.11. The Labute approximate surface area is 166 Å². The van der Waals surface area contributed by atoms with Crippen LogP contribution < -0.4 is 10.6 Å². The van der Waals surface area contributed by atoms with Gasteiger partial charge in [0.1, 0.15) is 11.6 Å². The van der Waals surface area contributed by atoms with E-state index in [1.165, 1.54) is 19.9 Å². The van der Waals surface area contributed by atoms with E-state index in [4.69, 9.17) is 0 Å². The summed E-state index contributed by atoms with van der Waals surface area (Å²) in [5.74, 6) is -5.08. The van der Waals surface area contributed by atoms with E-state index >= 15 is 0 Å². The maximum Gasteiger partial charge on any atom is 0.308 e. The zero-order chi connectivity index (χ0) is 21.6. The van der Waals surface area contributed by atoms with Crippen LogP contribution in [0.25, 0.3) is 0 Å². The maximum atomic E-state index is 14.2. The number of hydrogen-bond donors (Lipinski definition) is 3. The number of nitrogens with one attached hydrogen (secondary N) is 2. The van der Waals surface area contributed by atoms with Crippen molar-refractivity contribution >= 4 is 17.8 Å². The molecule has 0 aromatic heterocycles. The van der Waals surface area contributed by atoms with Gasteiger partial charge in [0.05, 0.1) is 24.4 Å². The Balaban J connectivity index is 2.27. The minimum atomic E-state index is -1.25. The van der Waals surface area contributed by atoms with Crippen molar-refractivity contribution in [2.75, 3.05) is 0 Å². The third-order valence-corrected chi connectivity index (χ3v) is 4.48. The second-order valence-electron chi connectivity index (χ2n) is 6.68. The molecule has 0 bridgehead atoms. The highest BCUT2D eigenvalue weighted by Crippen LogP contribution is 2.26. The van der Waals surface area contributed by atoms with Crippen molar-refractivity contribution in [3.8, 4) is 0 Å². The van der Waals surface area contributed by atoms with E-state index in [2.05, 4.69) is 10.6 Å². The van der Waals surface area contributed by atoms with E-state index in [1.54, 1.807) is 30.3 Å². The van der Waals surface area contributed by atoms with Crippen LogP contribution in [0.5, 0.6) is 0 Å². The van der Waals surface area contributed by atoms with Gasteiger partial charge in [-0.05, 0) is 24.6 Å². The minimum absolute atomic E-state index is 0.430. The first-order valence-electron chi connectivity index (χ1n) is 8.98. The molecule has 2 rings (SSSR count). The van der Waals surface area contributed by atoms with Gasteiger partial charge in [-0.25, -0.2) is 8.78 Å². The van der Waals surface area contributed by atoms with Crippen molar-refractivity contribution in [2.45, 2.75) is 32.4 Å². The summed E-state index contributed by atoms with van der Waals surface area (Å²) in [5.41, 5.74) is 0.143. The third kappa shape index (κ3) is 5.84. The number of carboxylic acids is 1. The van der Waals surface area contributed by atoms with Crippen LogP contribution in [-0.4, -0.2) is 22.9 Å².